The van der Waals surface area contributed by atoms with Crippen LogP contribution in [0.3, 0.4) is 0 Å². The Bertz CT molecular complexity index is 740. The second-order valence-corrected chi connectivity index (χ2v) is 5.53. The van der Waals surface area contributed by atoms with E-state index in [-0.39, 0.29) is 11.5 Å². The molecule has 2 rings (SSSR count). The average molecular weight is 329 g/mol. The zero-order valence-electron chi connectivity index (χ0n) is 14.1. The number of aryl methyl sites for hydroxylation is 1. The van der Waals surface area contributed by atoms with Crippen LogP contribution in [0, 0.1) is 0 Å². The minimum atomic E-state index is -0.353. The first-order valence-electron chi connectivity index (χ1n) is 8.26. The molecule has 0 aliphatic carbocycles. The maximum atomic E-state index is 12.0. The molecule has 128 valence electrons. The van der Waals surface area contributed by atoms with Gasteiger partial charge in [0, 0.05) is 17.4 Å². The van der Waals surface area contributed by atoms with Crippen molar-refractivity contribution >= 4 is 17.6 Å². The molecule has 0 saturated carbocycles. The molecule has 0 amide bonds. The van der Waals surface area contributed by atoms with Crippen molar-refractivity contribution in [1.82, 2.24) is 9.97 Å². The minimum absolute atomic E-state index is 0.203. The first kappa shape index (κ1) is 17.7. The van der Waals surface area contributed by atoms with Crippen LogP contribution >= 0.6 is 0 Å². The van der Waals surface area contributed by atoms with Gasteiger partial charge in [0.1, 0.15) is 0 Å². The van der Waals surface area contributed by atoms with Gasteiger partial charge in [0.05, 0.1) is 12.2 Å². The lowest BCUT2D eigenvalue weighted by Crippen LogP contribution is -2.12. The molecule has 1 aromatic carbocycles. The summed E-state index contributed by atoms with van der Waals surface area (Å²) in [5, 5.41) is 3.03. The highest BCUT2D eigenvalue weighted by molar-refractivity contribution is 5.90. The quantitative estimate of drug-likeness (QED) is 0.572. The molecular weight excluding hydrogens is 306 g/mol. The Morgan fingerprint density at radius 2 is 2.08 bits per heavy atom. The Morgan fingerprint density at radius 1 is 1.25 bits per heavy atom. The van der Waals surface area contributed by atoms with Crippen molar-refractivity contribution in [2.45, 2.75) is 39.5 Å². The second-order valence-electron chi connectivity index (χ2n) is 5.53. The largest absolute Gasteiger partial charge is 0.462 e. The van der Waals surface area contributed by atoms with Gasteiger partial charge in [0.25, 0.3) is 5.56 Å². The van der Waals surface area contributed by atoms with Crippen LogP contribution in [0.2, 0.25) is 0 Å². The lowest BCUT2D eigenvalue weighted by atomic mass is 10.2. The number of anilines is 2. The highest BCUT2D eigenvalue weighted by atomic mass is 16.5. The number of rotatable bonds is 8. The van der Waals surface area contributed by atoms with E-state index in [1.165, 1.54) is 6.07 Å². The highest BCUT2D eigenvalue weighted by Crippen LogP contribution is 2.15. The molecule has 0 fully saturated rings. The van der Waals surface area contributed by atoms with E-state index in [2.05, 4.69) is 15.3 Å². The number of benzene rings is 1. The van der Waals surface area contributed by atoms with E-state index in [1.807, 2.05) is 13.8 Å². The van der Waals surface area contributed by atoms with E-state index in [4.69, 9.17) is 4.74 Å². The summed E-state index contributed by atoms with van der Waals surface area (Å²) in [4.78, 5) is 30.7. The van der Waals surface area contributed by atoms with E-state index >= 15 is 0 Å². The van der Waals surface area contributed by atoms with Crippen LogP contribution in [0.1, 0.15) is 49.2 Å². The van der Waals surface area contributed by atoms with Gasteiger partial charge in [0.15, 0.2) is 0 Å². The molecule has 6 nitrogen and oxygen atoms in total. The van der Waals surface area contributed by atoms with Gasteiger partial charge in [0.2, 0.25) is 5.95 Å². The van der Waals surface area contributed by atoms with Crippen LogP contribution < -0.4 is 10.9 Å². The summed E-state index contributed by atoms with van der Waals surface area (Å²) < 4.78 is 5.20. The Morgan fingerprint density at radius 3 is 2.83 bits per heavy atom. The molecule has 0 aliphatic heterocycles. The fraction of sp³-hybridized carbons (Fsp3) is 0.389. The lowest BCUT2D eigenvalue weighted by molar-refractivity contribution is 0.0500. The van der Waals surface area contributed by atoms with Crippen LogP contribution in [0.5, 0.6) is 0 Å². The average Bonchev–Trinajstić information content (AvgIpc) is 2.55. The van der Waals surface area contributed by atoms with Gasteiger partial charge in [-0.3, -0.25) is 9.78 Å². The summed E-state index contributed by atoms with van der Waals surface area (Å²) in [5.74, 6) is 0.00994. The van der Waals surface area contributed by atoms with Gasteiger partial charge in [-0.25, -0.2) is 9.78 Å². The molecule has 0 bridgehead atoms. The van der Waals surface area contributed by atoms with E-state index in [1.54, 1.807) is 24.3 Å². The van der Waals surface area contributed by atoms with Crippen molar-refractivity contribution < 1.29 is 9.53 Å². The van der Waals surface area contributed by atoms with Gasteiger partial charge in [-0.1, -0.05) is 32.8 Å². The van der Waals surface area contributed by atoms with Crippen molar-refractivity contribution in [3.8, 4) is 0 Å². The third-order valence-corrected chi connectivity index (χ3v) is 3.39. The number of ether oxygens (including phenoxy) is 1. The molecule has 0 spiro atoms. The summed E-state index contributed by atoms with van der Waals surface area (Å²) in [6, 6.07) is 8.43. The maximum Gasteiger partial charge on any atom is 0.338 e. The van der Waals surface area contributed by atoms with Gasteiger partial charge >= 0.3 is 5.97 Å². The molecule has 1 aromatic heterocycles. The van der Waals surface area contributed by atoms with E-state index < -0.39 is 0 Å². The fourth-order valence-electron chi connectivity index (χ4n) is 2.20. The van der Waals surface area contributed by atoms with Crippen molar-refractivity contribution in [3.63, 3.8) is 0 Å². The molecule has 0 radical (unpaired) electrons. The number of carbonyl (C=O) groups is 1. The second kappa shape index (κ2) is 8.86. The maximum absolute atomic E-state index is 12.0. The zero-order chi connectivity index (χ0) is 17.4. The number of unbranched alkanes of at least 4 members (excludes halogenated alkanes) is 1. The van der Waals surface area contributed by atoms with Gasteiger partial charge in [-0.15, -0.1) is 0 Å². The summed E-state index contributed by atoms with van der Waals surface area (Å²) >= 11 is 0. The predicted octanol–water partition coefficient (Wildman–Crippen LogP) is 3.42. The predicted molar refractivity (Wildman–Crippen MR) is 93.8 cm³/mol. The third kappa shape index (κ3) is 5.22. The van der Waals surface area contributed by atoms with E-state index in [0.717, 1.165) is 31.4 Å². The van der Waals surface area contributed by atoms with Gasteiger partial charge in [-0.05, 0) is 31.0 Å². The molecule has 2 aromatic rings. The molecule has 1 heterocycles. The molecule has 24 heavy (non-hydrogen) atoms. The van der Waals surface area contributed by atoms with Crippen molar-refractivity contribution in [2.24, 2.45) is 0 Å². The van der Waals surface area contributed by atoms with E-state index in [9.17, 15) is 9.59 Å². The number of H-pyrrole nitrogens is 1. The molecule has 2 N–H and O–H groups in total. The normalized spacial score (nSPS) is 10.4. The number of esters is 1. The SMILES string of the molecule is CCCCOC(=O)c1cccc(Nc2nc(CCC)cc(=O)[nH]2)c1. The molecule has 6 heteroatoms. The number of hydrogen-bond donors (Lipinski definition) is 2. The lowest BCUT2D eigenvalue weighted by Gasteiger charge is -2.09. The molecule has 0 atom stereocenters. The van der Waals surface area contributed by atoms with Crippen molar-refractivity contribution in [1.29, 1.82) is 0 Å². The monoisotopic (exact) mass is 329 g/mol. The Balaban J connectivity index is 2.12. The standard InChI is InChI=1S/C18H23N3O3/c1-3-5-10-24-17(23)13-8-6-9-15(11-13)20-18-19-14(7-4-2)12-16(22)21-18/h6,8-9,11-12H,3-5,7,10H2,1-2H3,(H2,19,20,21,22). The van der Waals surface area contributed by atoms with Crippen LogP contribution in [0.25, 0.3) is 0 Å². The first-order valence-corrected chi connectivity index (χ1v) is 8.26. The van der Waals surface area contributed by atoms with Crippen molar-refractivity contribution in [3.05, 3.63) is 51.9 Å². The highest BCUT2D eigenvalue weighted by Gasteiger charge is 2.08. The Labute approximate surface area is 141 Å². The van der Waals surface area contributed by atoms with Gasteiger partial charge in [-0.2, -0.15) is 0 Å². The molecular formula is C18H23N3O3. The van der Waals surface area contributed by atoms with Crippen LogP contribution in [0.4, 0.5) is 11.6 Å². The summed E-state index contributed by atoms with van der Waals surface area (Å²) in [6.07, 6.45) is 3.47. The number of nitrogens with one attached hydrogen (secondary N) is 2. The summed E-state index contributed by atoms with van der Waals surface area (Å²) in [7, 11) is 0. The van der Waals surface area contributed by atoms with Crippen molar-refractivity contribution in [2.75, 3.05) is 11.9 Å². The zero-order valence-corrected chi connectivity index (χ0v) is 14.1. The summed E-state index contributed by atoms with van der Waals surface area (Å²) in [5.41, 5.74) is 1.66. The fourth-order valence-corrected chi connectivity index (χ4v) is 2.20. The number of carbonyl (C=O) groups excluding carboxylic acids is 1. The topological polar surface area (TPSA) is 84.1 Å². The van der Waals surface area contributed by atoms with Crippen LogP contribution in [-0.4, -0.2) is 22.5 Å². The third-order valence-electron chi connectivity index (χ3n) is 3.39. The first-order chi connectivity index (χ1) is 11.6. The van der Waals surface area contributed by atoms with Crippen LogP contribution in [0.15, 0.2) is 35.1 Å². The number of nitrogens with zero attached hydrogens (tertiary/aromatic N) is 1. The minimum Gasteiger partial charge on any atom is -0.462 e. The molecule has 0 unspecified atom stereocenters. The van der Waals surface area contributed by atoms with Gasteiger partial charge < -0.3 is 10.1 Å². The number of aromatic nitrogens is 2. The molecule has 0 aliphatic rings. The number of hydrogen-bond acceptors (Lipinski definition) is 5. The van der Waals surface area contributed by atoms with Crippen LogP contribution in [-0.2, 0) is 11.2 Å². The Hall–Kier alpha value is -2.63. The summed E-state index contributed by atoms with van der Waals surface area (Å²) in [6.45, 7) is 4.49. The van der Waals surface area contributed by atoms with E-state index in [0.29, 0.717) is 23.8 Å². The molecule has 0 saturated heterocycles. The smallest absolute Gasteiger partial charge is 0.338 e. The number of aromatic amines is 1. The Kier molecular flexibility index (Phi) is 6.54.